The number of nitrogens with one attached hydrogen (secondary N) is 1. The van der Waals surface area contributed by atoms with Crippen molar-refractivity contribution in [2.45, 2.75) is 25.5 Å². The molecule has 1 saturated heterocycles. The van der Waals surface area contributed by atoms with E-state index in [4.69, 9.17) is 4.74 Å². The molecule has 2 aromatic rings. The number of para-hydroxylation sites is 2. The Hall–Kier alpha value is -2.93. The molecule has 29 heavy (non-hydrogen) atoms. The molecule has 4 rings (SSSR count). The van der Waals surface area contributed by atoms with Gasteiger partial charge < -0.3 is 19.9 Å². The fourth-order valence-electron chi connectivity index (χ4n) is 3.96. The number of amides is 2. The molecule has 0 radical (unpaired) electrons. The monoisotopic (exact) mass is 397 g/mol. The summed E-state index contributed by atoms with van der Waals surface area (Å²) in [5, 5.41) is 3.27. The molecule has 0 saturated carbocycles. The van der Waals surface area contributed by atoms with Gasteiger partial charge in [-0.25, -0.2) is 4.39 Å². The SMILES string of the molecule is CC1Oc2ccccc2N(CCC(=O)N2CCNCC2c2cccc(F)c2)C1=O. The zero-order chi connectivity index (χ0) is 20.4. The summed E-state index contributed by atoms with van der Waals surface area (Å²) < 4.78 is 19.3. The van der Waals surface area contributed by atoms with Gasteiger partial charge in [0.2, 0.25) is 5.91 Å². The molecule has 0 aliphatic carbocycles. The van der Waals surface area contributed by atoms with Crippen LogP contribution in [0.2, 0.25) is 0 Å². The van der Waals surface area contributed by atoms with Gasteiger partial charge in [-0.1, -0.05) is 24.3 Å². The minimum atomic E-state index is -0.584. The van der Waals surface area contributed by atoms with Crippen LogP contribution in [0.5, 0.6) is 5.75 Å². The maximum Gasteiger partial charge on any atom is 0.267 e. The van der Waals surface area contributed by atoms with Crippen LogP contribution in [0.25, 0.3) is 0 Å². The summed E-state index contributed by atoms with van der Waals surface area (Å²) in [7, 11) is 0. The molecule has 2 atom stereocenters. The summed E-state index contributed by atoms with van der Waals surface area (Å²) in [6.45, 7) is 3.80. The summed E-state index contributed by atoms with van der Waals surface area (Å²) in [5.74, 6) is 0.125. The van der Waals surface area contributed by atoms with E-state index in [2.05, 4.69) is 5.32 Å². The Kier molecular flexibility index (Phi) is 5.49. The number of rotatable bonds is 4. The lowest BCUT2D eigenvalue weighted by Crippen LogP contribution is -2.50. The molecule has 1 N–H and O–H groups in total. The number of carbonyl (C=O) groups excluding carboxylic acids is 2. The van der Waals surface area contributed by atoms with Crippen LogP contribution in [0, 0.1) is 5.82 Å². The number of piperazine rings is 1. The fraction of sp³-hybridized carbons (Fsp3) is 0.364. The Labute approximate surface area is 169 Å². The molecule has 7 heteroatoms. The standard InChI is InChI=1S/C22H24FN3O3/c1-15-22(28)26(18-7-2-3-8-20(18)29-15)11-9-21(27)25-12-10-24-14-19(25)16-5-4-6-17(23)13-16/h2-8,13,15,19,24H,9-12,14H2,1H3. The van der Waals surface area contributed by atoms with Gasteiger partial charge in [-0.15, -0.1) is 0 Å². The maximum absolute atomic E-state index is 13.7. The lowest BCUT2D eigenvalue weighted by Gasteiger charge is -2.38. The number of halogens is 1. The molecule has 2 aliphatic heterocycles. The number of hydrogen-bond acceptors (Lipinski definition) is 4. The average molecular weight is 397 g/mol. The highest BCUT2D eigenvalue weighted by Crippen LogP contribution is 2.34. The van der Waals surface area contributed by atoms with Crippen LogP contribution in [-0.2, 0) is 9.59 Å². The maximum atomic E-state index is 13.7. The van der Waals surface area contributed by atoms with Gasteiger partial charge in [0.05, 0.1) is 11.7 Å². The molecule has 152 valence electrons. The molecule has 2 aliphatic rings. The first-order chi connectivity index (χ1) is 14.0. The van der Waals surface area contributed by atoms with E-state index < -0.39 is 6.10 Å². The van der Waals surface area contributed by atoms with Crippen molar-refractivity contribution in [1.82, 2.24) is 10.2 Å². The van der Waals surface area contributed by atoms with Crippen LogP contribution in [0.3, 0.4) is 0 Å². The quantitative estimate of drug-likeness (QED) is 0.861. The van der Waals surface area contributed by atoms with E-state index in [0.717, 1.165) is 5.56 Å². The predicted octanol–water partition coefficient (Wildman–Crippen LogP) is 2.50. The zero-order valence-corrected chi connectivity index (χ0v) is 16.3. The third-order valence-corrected chi connectivity index (χ3v) is 5.42. The molecular formula is C22H24FN3O3. The number of anilines is 1. The fourth-order valence-corrected chi connectivity index (χ4v) is 3.96. The zero-order valence-electron chi connectivity index (χ0n) is 16.3. The summed E-state index contributed by atoms with van der Waals surface area (Å²) in [6, 6.07) is 13.5. The first-order valence-corrected chi connectivity index (χ1v) is 9.87. The van der Waals surface area contributed by atoms with Crippen molar-refractivity contribution >= 4 is 17.5 Å². The highest BCUT2D eigenvalue weighted by Gasteiger charge is 2.33. The lowest BCUT2D eigenvalue weighted by atomic mass is 10.0. The minimum absolute atomic E-state index is 0.0508. The lowest BCUT2D eigenvalue weighted by molar-refractivity contribution is -0.134. The van der Waals surface area contributed by atoms with Gasteiger partial charge >= 0.3 is 0 Å². The minimum Gasteiger partial charge on any atom is -0.479 e. The largest absolute Gasteiger partial charge is 0.479 e. The van der Waals surface area contributed by atoms with Crippen molar-refractivity contribution in [2.75, 3.05) is 31.1 Å². The van der Waals surface area contributed by atoms with Crippen LogP contribution < -0.4 is 15.0 Å². The molecule has 2 amide bonds. The van der Waals surface area contributed by atoms with Crippen LogP contribution >= 0.6 is 0 Å². The van der Waals surface area contributed by atoms with E-state index in [9.17, 15) is 14.0 Å². The molecule has 0 spiro atoms. The summed E-state index contributed by atoms with van der Waals surface area (Å²) in [5.41, 5.74) is 1.46. The van der Waals surface area contributed by atoms with Gasteiger partial charge in [0, 0.05) is 32.6 Å². The van der Waals surface area contributed by atoms with Crippen molar-refractivity contribution in [3.63, 3.8) is 0 Å². The highest BCUT2D eigenvalue weighted by molar-refractivity contribution is 6.00. The van der Waals surface area contributed by atoms with Crippen molar-refractivity contribution in [1.29, 1.82) is 0 Å². The summed E-state index contributed by atoms with van der Waals surface area (Å²) in [6.07, 6.45) is -0.391. The summed E-state index contributed by atoms with van der Waals surface area (Å²) >= 11 is 0. The Balaban J connectivity index is 1.49. The van der Waals surface area contributed by atoms with E-state index in [-0.39, 0.29) is 36.6 Å². The summed E-state index contributed by atoms with van der Waals surface area (Å²) in [4.78, 5) is 29.1. The van der Waals surface area contributed by atoms with E-state index >= 15 is 0 Å². The molecule has 1 fully saturated rings. The van der Waals surface area contributed by atoms with E-state index in [1.54, 1.807) is 22.8 Å². The van der Waals surface area contributed by atoms with Crippen LogP contribution in [0.1, 0.15) is 24.9 Å². The third-order valence-electron chi connectivity index (χ3n) is 5.42. The van der Waals surface area contributed by atoms with Crippen molar-refractivity contribution in [2.24, 2.45) is 0 Å². The molecule has 2 aromatic carbocycles. The van der Waals surface area contributed by atoms with Gasteiger partial charge in [0.15, 0.2) is 6.10 Å². The first-order valence-electron chi connectivity index (χ1n) is 9.87. The third kappa shape index (κ3) is 3.96. The number of benzene rings is 2. The predicted molar refractivity (Wildman–Crippen MR) is 107 cm³/mol. The Morgan fingerprint density at radius 3 is 2.90 bits per heavy atom. The van der Waals surface area contributed by atoms with Gasteiger partial charge in [0.25, 0.3) is 5.91 Å². The molecular weight excluding hydrogens is 373 g/mol. The Bertz CT molecular complexity index is 920. The number of hydrogen-bond donors (Lipinski definition) is 1. The van der Waals surface area contributed by atoms with Crippen molar-refractivity contribution in [3.8, 4) is 5.75 Å². The normalized spacial score (nSPS) is 21.5. The van der Waals surface area contributed by atoms with Crippen molar-refractivity contribution < 1.29 is 18.7 Å². The molecule has 0 bridgehead atoms. The smallest absolute Gasteiger partial charge is 0.267 e. The van der Waals surface area contributed by atoms with Crippen molar-refractivity contribution in [3.05, 3.63) is 59.9 Å². The van der Waals surface area contributed by atoms with Gasteiger partial charge in [-0.05, 0) is 36.8 Å². The highest BCUT2D eigenvalue weighted by atomic mass is 19.1. The van der Waals surface area contributed by atoms with Crippen LogP contribution in [0.15, 0.2) is 48.5 Å². The van der Waals surface area contributed by atoms with E-state index in [1.807, 2.05) is 30.3 Å². The average Bonchev–Trinajstić information content (AvgIpc) is 2.74. The molecule has 0 aromatic heterocycles. The van der Waals surface area contributed by atoms with Gasteiger partial charge in [-0.3, -0.25) is 9.59 Å². The second-order valence-corrected chi connectivity index (χ2v) is 7.33. The number of fused-ring (bicyclic) bond motifs is 1. The van der Waals surface area contributed by atoms with Gasteiger partial charge in [-0.2, -0.15) is 0 Å². The van der Waals surface area contributed by atoms with E-state index in [1.165, 1.54) is 12.1 Å². The van der Waals surface area contributed by atoms with Crippen LogP contribution in [0.4, 0.5) is 10.1 Å². The Morgan fingerprint density at radius 2 is 2.07 bits per heavy atom. The second kappa shape index (κ2) is 8.21. The first kappa shape index (κ1) is 19.4. The second-order valence-electron chi connectivity index (χ2n) is 7.33. The number of carbonyl (C=O) groups is 2. The van der Waals surface area contributed by atoms with E-state index in [0.29, 0.717) is 31.1 Å². The molecule has 2 heterocycles. The molecule has 6 nitrogen and oxygen atoms in total. The Morgan fingerprint density at radius 1 is 1.24 bits per heavy atom. The number of nitrogens with zero attached hydrogens (tertiary/aromatic N) is 2. The molecule has 2 unspecified atom stereocenters. The number of ether oxygens (including phenoxy) is 1. The topological polar surface area (TPSA) is 61.9 Å². The van der Waals surface area contributed by atoms with Gasteiger partial charge in [0.1, 0.15) is 11.6 Å². The van der Waals surface area contributed by atoms with Crippen LogP contribution in [-0.4, -0.2) is 49.0 Å².